The van der Waals surface area contributed by atoms with Crippen LogP contribution in [0.1, 0.15) is 20.3 Å². The highest BCUT2D eigenvalue weighted by atomic mass is 16.6. The molecule has 0 radical (unpaired) electrons. The molecule has 1 saturated heterocycles. The number of amides is 1. The number of nitro benzene ring substituents is 1. The van der Waals surface area contributed by atoms with E-state index in [9.17, 15) is 19.7 Å². The number of piperidine rings is 1. The summed E-state index contributed by atoms with van der Waals surface area (Å²) in [4.78, 5) is 38.3. The van der Waals surface area contributed by atoms with Crippen LogP contribution in [0.25, 0.3) is 0 Å². The average molecular weight is 347 g/mol. The number of nitro groups is 1. The maximum Gasteiger partial charge on any atom is 0.331 e. The fourth-order valence-corrected chi connectivity index (χ4v) is 3.63. The first-order chi connectivity index (χ1) is 11.8. The summed E-state index contributed by atoms with van der Waals surface area (Å²) in [6, 6.07) is 4.09. The van der Waals surface area contributed by atoms with Gasteiger partial charge >= 0.3 is 5.97 Å². The third-order valence-electron chi connectivity index (χ3n) is 4.59. The van der Waals surface area contributed by atoms with Gasteiger partial charge in [-0.2, -0.15) is 0 Å². The molecular formula is C17H21N3O5. The molecule has 1 amide bonds. The van der Waals surface area contributed by atoms with Crippen LogP contribution < -0.4 is 9.64 Å². The molecule has 2 aliphatic heterocycles. The van der Waals surface area contributed by atoms with Gasteiger partial charge in [-0.15, -0.1) is 0 Å². The molecule has 0 aromatic heterocycles. The van der Waals surface area contributed by atoms with Gasteiger partial charge in [-0.1, -0.05) is 13.8 Å². The fraction of sp³-hybridized carbons (Fsp3) is 0.529. The number of nitrogens with zero attached hydrogens (tertiary/aromatic N) is 3. The number of anilines is 1. The van der Waals surface area contributed by atoms with Crippen molar-refractivity contribution in [1.82, 2.24) is 4.90 Å². The average Bonchev–Trinajstić information content (AvgIpc) is 2.53. The Kier molecular flexibility index (Phi) is 4.61. The van der Waals surface area contributed by atoms with E-state index in [1.165, 1.54) is 18.2 Å². The zero-order valence-electron chi connectivity index (χ0n) is 14.3. The Morgan fingerprint density at radius 1 is 1.32 bits per heavy atom. The van der Waals surface area contributed by atoms with Crippen molar-refractivity contribution in [2.75, 3.05) is 31.1 Å². The molecular weight excluding hydrogens is 326 g/mol. The van der Waals surface area contributed by atoms with Gasteiger partial charge < -0.3 is 14.5 Å². The van der Waals surface area contributed by atoms with Crippen molar-refractivity contribution in [2.24, 2.45) is 11.8 Å². The lowest BCUT2D eigenvalue weighted by atomic mass is 9.92. The van der Waals surface area contributed by atoms with Crippen LogP contribution in [-0.4, -0.2) is 47.9 Å². The minimum atomic E-state index is -0.547. The summed E-state index contributed by atoms with van der Waals surface area (Å²) in [7, 11) is 0. The van der Waals surface area contributed by atoms with Gasteiger partial charge in [-0.05, 0) is 24.3 Å². The Labute approximate surface area is 145 Å². The Balaban J connectivity index is 1.78. The summed E-state index contributed by atoms with van der Waals surface area (Å²) in [6.45, 7) is 5.70. The number of fused-ring (bicyclic) bond motifs is 1. The van der Waals surface area contributed by atoms with Crippen LogP contribution >= 0.6 is 0 Å². The fourth-order valence-electron chi connectivity index (χ4n) is 3.63. The zero-order valence-corrected chi connectivity index (χ0v) is 14.3. The Morgan fingerprint density at radius 2 is 2.00 bits per heavy atom. The molecule has 0 saturated carbocycles. The molecule has 8 nitrogen and oxygen atoms in total. The highest BCUT2D eigenvalue weighted by molar-refractivity contribution is 5.89. The van der Waals surface area contributed by atoms with Crippen molar-refractivity contribution in [2.45, 2.75) is 20.3 Å². The second-order valence-corrected chi connectivity index (χ2v) is 6.98. The molecule has 2 unspecified atom stereocenters. The quantitative estimate of drug-likeness (QED) is 0.358. The molecule has 25 heavy (non-hydrogen) atoms. The predicted octanol–water partition coefficient (Wildman–Crippen LogP) is 1.82. The number of rotatable bonds is 3. The van der Waals surface area contributed by atoms with E-state index in [0.717, 1.165) is 6.42 Å². The molecule has 1 fully saturated rings. The number of carbonyl (C=O) groups excluding carboxylic acids is 2. The molecule has 1 aromatic rings. The Morgan fingerprint density at radius 3 is 2.64 bits per heavy atom. The van der Waals surface area contributed by atoms with Gasteiger partial charge in [0.15, 0.2) is 5.75 Å². The highest BCUT2D eigenvalue weighted by Crippen LogP contribution is 2.35. The normalized spacial score (nSPS) is 23.0. The monoisotopic (exact) mass is 347 g/mol. The maximum absolute atomic E-state index is 12.7. The minimum absolute atomic E-state index is 0.0441. The number of hydrogen-bond donors (Lipinski definition) is 0. The summed E-state index contributed by atoms with van der Waals surface area (Å²) in [5, 5.41) is 10.9. The summed E-state index contributed by atoms with van der Waals surface area (Å²) in [6.07, 6.45) is 1.10. The molecule has 2 atom stereocenters. The third-order valence-corrected chi connectivity index (χ3v) is 4.59. The van der Waals surface area contributed by atoms with Crippen molar-refractivity contribution < 1.29 is 19.2 Å². The second kappa shape index (κ2) is 6.70. The van der Waals surface area contributed by atoms with E-state index in [-0.39, 0.29) is 30.4 Å². The zero-order chi connectivity index (χ0) is 18.1. The number of non-ortho nitro benzene ring substituents is 1. The lowest BCUT2D eigenvalue weighted by molar-refractivity contribution is -0.384. The van der Waals surface area contributed by atoms with E-state index in [0.29, 0.717) is 30.6 Å². The predicted molar refractivity (Wildman–Crippen MR) is 90.5 cm³/mol. The maximum atomic E-state index is 12.7. The van der Waals surface area contributed by atoms with Gasteiger partial charge in [0.05, 0.1) is 23.2 Å². The smallest absolute Gasteiger partial charge is 0.331 e. The number of ether oxygens (including phenoxy) is 1. The molecule has 8 heteroatoms. The van der Waals surface area contributed by atoms with Gasteiger partial charge in [0.25, 0.3) is 5.69 Å². The van der Waals surface area contributed by atoms with Crippen LogP contribution in [0.3, 0.4) is 0 Å². The lowest BCUT2D eigenvalue weighted by Gasteiger charge is -2.37. The number of likely N-dealkylation sites (tertiary alicyclic amines) is 1. The number of benzene rings is 1. The van der Waals surface area contributed by atoms with Gasteiger partial charge in [-0.25, -0.2) is 4.79 Å². The summed E-state index contributed by atoms with van der Waals surface area (Å²) < 4.78 is 5.10. The SMILES string of the molecule is CC1CC(C)CN(C(=O)CN2CC(=O)Oc3cc([N+](=O)[O-])ccc32)C1. The van der Waals surface area contributed by atoms with E-state index in [4.69, 9.17) is 4.74 Å². The molecule has 2 heterocycles. The molecule has 0 spiro atoms. The molecule has 3 rings (SSSR count). The molecule has 2 aliphatic rings. The van der Waals surface area contributed by atoms with E-state index < -0.39 is 10.9 Å². The largest absolute Gasteiger partial charge is 0.423 e. The molecule has 0 N–H and O–H groups in total. The van der Waals surface area contributed by atoms with Crippen molar-refractivity contribution >= 4 is 23.3 Å². The summed E-state index contributed by atoms with van der Waals surface area (Å²) in [5.74, 6) is 0.458. The Bertz CT molecular complexity index is 710. The molecule has 1 aromatic carbocycles. The van der Waals surface area contributed by atoms with Crippen molar-refractivity contribution in [3.8, 4) is 5.75 Å². The number of carbonyl (C=O) groups is 2. The molecule has 0 aliphatic carbocycles. The van der Waals surface area contributed by atoms with E-state index in [2.05, 4.69) is 13.8 Å². The first-order valence-corrected chi connectivity index (χ1v) is 8.35. The topological polar surface area (TPSA) is 93.0 Å². The highest BCUT2D eigenvalue weighted by Gasteiger charge is 2.31. The molecule has 0 bridgehead atoms. The van der Waals surface area contributed by atoms with Gasteiger partial charge in [-0.3, -0.25) is 14.9 Å². The van der Waals surface area contributed by atoms with E-state index in [1.807, 2.05) is 4.90 Å². The van der Waals surface area contributed by atoms with Gasteiger partial charge in [0.1, 0.15) is 6.54 Å². The second-order valence-electron chi connectivity index (χ2n) is 6.98. The molecule has 134 valence electrons. The first kappa shape index (κ1) is 17.2. The van der Waals surface area contributed by atoms with Crippen LogP contribution in [0, 0.1) is 22.0 Å². The number of hydrogen-bond acceptors (Lipinski definition) is 6. The van der Waals surface area contributed by atoms with Crippen LogP contribution in [0.15, 0.2) is 18.2 Å². The van der Waals surface area contributed by atoms with Crippen LogP contribution in [-0.2, 0) is 9.59 Å². The lowest BCUT2D eigenvalue weighted by Crippen LogP contribution is -2.49. The van der Waals surface area contributed by atoms with Crippen LogP contribution in [0.5, 0.6) is 5.75 Å². The van der Waals surface area contributed by atoms with Gasteiger partial charge in [0, 0.05) is 19.2 Å². The Hall–Kier alpha value is -2.64. The minimum Gasteiger partial charge on any atom is -0.423 e. The van der Waals surface area contributed by atoms with Crippen LogP contribution in [0.4, 0.5) is 11.4 Å². The van der Waals surface area contributed by atoms with Gasteiger partial charge in [0.2, 0.25) is 5.91 Å². The van der Waals surface area contributed by atoms with Crippen molar-refractivity contribution in [1.29, 1.82) is 0 Å². The van der Waals surface area contributed by atoms with Crippen molar-refractivity contribution in [3.63, 3.8) is 0 Å². The van der Waals surface area contributed by atoms with Crippen LogP contribution in [0.2, 0.25) is 0 Å². The first-order valence-electron chi connectivity index (χ1n) is 8.35. The summed E-state index contributed by atoms with van der Waals surface area (Å²) >= 11 is 0. The number of esters is 1. The summed E-state index contributed by atoms with van der Waals surface area (Å²) in [5.41, 5.74) is 0.370. The standard InChI is InChI=1S/C17H21N3O5/c1-11-5-12(2)8-19(7-11)16(21)9-18-10-17(22)25-15-6-13(20(23)24)3-4-14(15)18/h3-4,6,11-12H,5,7-10H2,1-2H3. The van der Waals surface area contributed by atoms with E-state index >= 15 is 0 Å². The third kappa shape index (κ3) is 3.72. The van der Waals surface area contributed by atoms with Crippen molar-refractivity contribution in [3.05, 3.63) is 28.3 Å². The van der Waals surface area contributed by atoms with E-state index in [1.54, 1.807) is 4.90 Å².